The van der Waals surface area contributed by atoms with Gasteiger partial charge >= 0.3 is 5.97 Å². The number of sulfonamides is 1. The predicted molar refractivity (Wildman–Crippen MR) is 55.7 cm³/mol. The van der Waals surface area contributed by atoms with Gasteiger partial charge in [-0.3, -0.25) is 9.48 Å². The van der Waals surface area contributed by atoms with Crippen LogP contribution in [0, 0.1) is 0 Å². The lowest BCUT2D eigenvalue weighted by atomic mass is 10.6. The van der Waals surface area contributed by atoms with Crippen molar-refractivity contribution in [2.24, 2.45) is 0 Å². The summed E-state index contributed by atoms with van der Waals surface area (Å²) in [5.41, 5.74) is 0. The number of aliphatic carboxylic acids is 1. The van der Waals surface area contributed by atoms with Gasteiger partial charge < -0.3 is 5.11 Å². The summed E-state index contributed by atoms with van der Waals surface area (Å²) in [5, 5.41) is 12.0. The van der Waals surface area contributed by atoms with Crippen LogP contribution in [0.3, 0.4) is 0 Å². The number of nitrogens with zero attached hydrogens (tertiary/aromatic N) is 3. The zero-order valence-electron chi connectivity index (χ0n) is 9.32. The first kappa shape index (κ1) is 14.5. The van der Waals surface area contributed by atoms with Gasteiger partial charge in [-0.15, -0.1) is 0 Å². The molecule has 1 aromatic heterocycles. The molecule has 0 atom stereocenters. The first-order valence-corrected chi connectivity index (χ1v) is 6.16. The van der Waals surface area contributed by atoms with Crippen molar-refractivity contribution < 1.29 is 27.1 Å². The minimum atomic E-state index is -4.07. The van der Waals surface area contributed by atoms with Gasteiger partial charge in [0, 0.05) is 13.2 Å². The first-order chi connectivity index (χ1) is 8.23. The van der Waals surface area contributed by atoms with E-state index in [1.165, 1.54) is 0 Å². The third-order valence-corrected chi connectivity index (χ3v) is 3.79. The summed E-state index contributed by atoms with van der Waals surface area (Å²) < 4.78 is 49.1. The largest absolute Gasteiger partial charge is 0.480 e. The third kappa shape index (κ3) is 3.47. The molecular formula is C8H11F2N3O4S. The molecule has 0 unspecified atom stereocenters. The van der Waals surface area contributed by atoms with Crippen molar-refractivity contribution in [1.82, 2.24) is 14.1 Å². The topological polar surface area (TPSA) is 92.5 Å². The molecule has 0 aliphatic rings. The molecule has 0 radical (unpaired) electrons. The van der Waals surface area contributed by atoms with E-state index in [1.54, 1.807) is 0 Å². The lowest BCUT2D eigenvalue weighted by Gasteiger charge is -2.14. The fourth-order valence-corrected chi connectivity index (χ4v) is 2.28. The summed E-state index contributed by atoms with van der Waals surface area (Å²) in [6, 6.07) is 0. The van der Waals surface area contributed by atoms with E-state index in [9.17, 15) is 22.0 Å². The van der Waals surface area contributed by atoms with E-state index in [0.717, 1.165) is 24.1 Å². The van der Waals surface area contributed by atoms with Crippen molar-refractivity contribution in [2.45, 2.75) is 17.9 Å². The van der Waals surface area contributed by atoms with Crippen molar-refractivity contribution in [3.63, 3.8) is 0 Å². The Morgan fingerprint density at radius 3 is 2.72 bits per heavy atom. The van der Waals surface area contributed by atoms with E-state index >= 15 is 0 Å². The molecule has 7 nitrogen and oxygen atoms in total. The Morgan fingerprint density at radius 1 is 1.61 bits per heavy atom. The van der Waals surface area contributed by atoms with Gasteiger partial charge in [-0.2, -0.15) is 9.40 Å². The fraction of sp³-hybridized carbons (Fsp3) is 0.500. The van der Waals surface area contributed by atoms with E-state index in [4.69, 9.17) is 5.11 Å². The Hall–Kier alpha value is -1.55. The minimum absolute atomic E-state index is 0.327. The summed E-state index contributed by atoms with van der Waals surface area (Å²) in [7, 11) is -3.06. The lowest BCUT2D eigenvalue weighted by molar-refractivity contribution is -0.137. The van der Waals surface area contributed by atoms with Crippen molar-refractivity contribution in [3.8, 4) is 0 Å². The van der Waals surface area contributed by atoms with E-state index < -0.39 is 35.5 Å². The molecule has 0 aliphatic carbocycles. The maximum atomic E-state index is 12.1. The molecule has 0 fully saturated rings. The summed E-state index contributed by atoms with van der Waals surface area (Å²) in [6.07, 6.45) is -0.898. The van der Waals surface area contributed by atoms with Crippen LogP contribution >= 0.6 is 0 Å². The minimum Gasteiger partial charge on any atom is -0.480 e. The zero-order valence-corrected chi connectivity index (χ0v) is 10.1. The van der Waals surface area contributed by atoms with Crippen molar-refractivity contribution in [1.29, 1.82) is 0 Å². The Balaban J connectivity index is 2.91. The van der Waals surface area contributed by atoms with E-state index in [2.05, 4.69) is 5.10 Å². The molecule has 0 aromatic carbocycles. The second kappa shape index (κ2) is 5.40. The number of aromatic nitrogens is 2. The van der Waals surface area contributed by atoms with E-state index in [-0.39, 0.29) is 4.90 Å². The number of halogens is 2. The number of hydrogen-bond acceptors (Lipinski definition) is 4. The molecular weight excluding hydrogens is 272 g/mol. The number of rotatable bonds is 6. The zero-order chi connectivity index (χ0) is 13.9. The summed E-state index contributed by atoms with van der Waals surface area (Å²) >= 11 is 0. The number of hydrogen-bond donors (Lipinski definition) is 1. The quantitative estimate of drug-likeness (QED) is 0.784. The standard InChI is InChI=1S/C8H11F2N3O4S/c1-12(4-7(9)10)18(16,17)6-2-11-13(3-6)5-8(14)15/h2-3,7H,4-5H2,1H3,(H,14,15). The predicted octanol–water partition coefficient (Wildman–Crippen LogP) is -0.147. The Kier molecular flexibility index (Phi) is 4.35. The monoisotopic (exact) mass is 283 g/mol. The van der Waals surface area contributed by atoms with Crippen molar-refractivity contribution in [2.75, 3.05) is 13.6 Å². The van der Waals surface area contributed by atoms with Gasteiger partial charge in [-0.05, 0) is 0 Å². The SMILES string of the molecule is CN(CC(F)F)S(=O)(=O)c1cnn(CC(=O)O)c1. The third-order valence-electron chi connectivity index (χ3n) is 2.01. The molecule has 0 saturated heterocycles. The van der Waals surface area contributed by atoms with Crippen LogP contribution in [0.15, 0.2) is 17.3 Å². The first-order valence-electron chi connectivity index (χ1n) is 4.72. The highest BCUT2D eigenvalue weighted by atomic mass is 32.2. The average Bonchev–Trinajstić information content (AvgIpc) is 2.64. The van der Waals surface area contributed by atoms with Crippen LogP contribution in [0.5, 0.6) is 0 Å². The highest BCUT2D eigenvalue weighted by Gasteiger charge is 2.25. The summed E-state index contributed by atoms with van der Waals surface area (Å²) in [4.78, 5) is 10.1. The van der Waals surface area contributed by atoms with Gasteiger partial charge in [-0.1, -0.05) is 0 Å². The Bertz CT molecular complexity index is 528. The number of alkyl halides is 2. The van der Waals surface area contributed by atoms with Crippen LogP contribution in [0.2, 0.25) is 0 Å². The van der Waals surface area contributed by atoms with E-state index in [1.807, 2.05) is 0 Å². The van der Waals surface area contributed by atoms with Gasteiger partial charge in [0.2, 0.25) is 10.0 Å². The average molecular weight is 283 g/mol. The van der Waals surface area contributed by atoms with Gasteiger partial charge in [0.05, 0.1) is 12.7 Å². The van der Waals surface area contributed by atoms with Crippen LogP contribution in [-0.4, -0.2) is 53.6 Å². The highest BCUT2D eigenvalue weighted by molar-refractivity contribution is 7.89. The fourth-order valence-electron chi connectivity index (χ4n) is 1.18. The van der Waals surface area contributed by atoms with Gasteiger partial charge in [0.1, 0.15) is 11.4 Å². The lowest BCUT2D eigenvalue weighted by Crippen LogP contribution is -2.31. The van der Waals surface area contributed by atoms with Crippen LogP contribution in [-0.2, 0) is 21.4 Å². The molecule has 1 heterocycles. The van der Waals surface area contributed by atoms with E-state index in [0.29, 0.717) is 4.31 Å². The van der Waals surface area contributed by atoms with Gasteiger partial charge in [-0.25, -0.2) is 17.2 Å². The number of carboxylic acid groups (broad SMARTS) is 1. The molecule has 18 heavy (non-hydrogen) atoms. The second-order valence-electron chi connectivity index (χ2n) is 3.44. The molecule has 1 aromatic rings. The smallest absolute Gasteiger partial charge is 0.325 e. The molecule has 10 heteroatoms. The molecule has 0 bridgehead atoms. The van der Waals surface area contributed by atoms with Crippen molar-refractivity contribution in [3.05, 3.63) is 12.4 Å². The highest BCUT2D eigenvalue weighted by Crippen LogP contribution is 2.14. The number of carboxylic acids is 1. The molecule has 0 aliphatic heterocycles. The number of carbonyl (C=O) groups is 1. The summed E-state index contributed by atoms with van der Waals surface area (Å²) in [5.74, 6) is -1.19. The van der Waals surface area contributed by atoms with Gasteiger partial charge in [0.15, 0.2) is 0 Å². The van der Waals surface area contributed by atoms with Crippen LogP contribution in [0.25, 0.3) is 0 Å². The molecule has 1 N–H and O–H groups in total. The molecule has 0 spiro atoms. The maximum absolute atomic E-state index is 12.1. The Morgan fingerprint density at radius 2 is 2.22 bits per heavy atom. The molecule has 0 saturated carbocycles. The normalized spacial score (nSPS) is 12.3. The van der Waals surface area contributed by atoms with Crippen LogP contribution in [0.1, 0.15) is 0 Å². The molecule has 0 amide bonds. The van der Waals surface area contributed by atoms with Gasteiger partial charge in [0.25, 0.3) is 6.43 Å². The van der Waals surface area contributed by atoms with Crippen molar-refractivity contribution >= 4 is 16.0 Å². The second-order valence-corrected chi connectivity index (χ2v) is 5.49. The maximum Gasteiger partial charge on any atom is 0.325 e. The Labute approximate surface area is 102 Å². The summed E-state index contributed by atoms with van der Waals surface area (Å²) in [6.45, 7) is -1.44. The molecule has 102 valence electrons. The van der Waals surface area contributed by atoms with Crippen LogP contribution < -0.4 is 0 Å². The molecule has 1 rings (SSSR count). The van der Waals surface area contributed by atoms with Crippen LogP contribution in [0.4, 0.5) is 8.78 Å².